The highest BCUT2D eigenvalue weighted by Gasteiger charge is 2.24. The highest BCUT2D eigenvalue weighted by atomic mass is 35.5. The molecule has 5 nitrogen and oxygen atoms in total. The second kappa shape index (κ2) is 11.5. The average molecular weight is 342 g/mol. The number of ether oxygens (including phenoxy) is 1. The van der Waals surface area contributed by atoms with Crippen LogP contribution in [-0.2, 0) is 9.53 Å². The summed E-state index contributed by atoms with van der Waals surface area (Å²) < 4.78 is 5.37. The van der Waals surface area contributed by atoms with Gasteiger partial charge in [-0.3, -0.25) is 9.69 Å². The van der Waals surface area contributed by atoms with E-state index in [1.807, 2.05) is 11.9 Å². The predicted octanol–water partition coefficient (Wildman–Crippen LogP) is 1.01. The number of carbonyl (C=O) groups is 1. The third kappa shape index (κ3) is 7.15. The molecule has 2 rings (SSSR count). The van der Waals surface area contributed by atoms with E-state index in [9.17, 15) is 4.79 Å². The topological polar surface area (TPSA) is 44.8 Å². The lowest BCUT2D eigenvalue weighted by atomic mass is 9.96. The molecule has 0 radical (unpaired) electrons. The van der Waals surface area contributed by atoms with E-state index in [-0.39, 0.29) is 24.8 Å². The van der Waals surface area contributed by atoms with Gasteiger partial charge >= 0.3 is 0 Å². The molecule has 2 heterocycles. The van der Waals surface area contributed by atoms with Crippen LogP contribution in [0.25, 0.3) is 0 Å². The molecule has 0 bridgehead atoms. The van der Waals surface area contributed by atoms with Gasteiger partial charge in [0.15, 0.2) is 0 Å². The van der Waals surface area contributed by atoms with E-state index in [4.69, 9.17) is 4.74 Å². The molecule has 0 atom stereocenters. The Morgan fingerprint density at radius 1 is 1.14 bits per heavy atom. The molecule has 1 N–H and O–H groups in total. The minimum absolute atomic E-state index is 0. The SMILES string of the molecule is CNCCC(=O)N1CCC(CN2CCOCC2)CC1.Cl.Cl. The van der Waals surface area contributed by atoms with Gasteiger partial charge in [-0.25, -0.2) is 0 Å². The summed E-state index contributed by atoms with van der Waals surface area (Å²) in [4.78, 5) is 16.5. The average Bonchev–Trinajstić information content (AvgIpc) is 2.46. The predicted molar refractivity (Wildman–Crippen MR) is 89.6 cm³/mol. The van der Waals surface area contributed by atoms with Crippen LogP contribution in [-0.4, -0.2) is 75.2 Å². The normalized spacial score (nSPS) is 20.5. The van der Waals surface area contributed by atoms with Crippen molar-refractivity contribution < 1.29 is 9.53 Å². The highest BCUT2D eigenvalue weighted by Crippen LogP contribution is 2.19. The van der Waals surface area contributed by atoms with Crippen LogP contribution in [0.4, 0.5) is 0 Å². The van der Waals surface area contributed by atoms with E-state index in [1.54, 1.807) is 0 Å². The van der Waals surface area contributed by atoms with E-state index in [2.05, 4.69) is 10.2 Å². The number of piperidine rings is 1. The minimum atomic E-state index is 0. The number of morpholine rings is 1. The summed E-state index contributed by atoms with van der Waals surface area (Å²) in [5, 5.41) is 3.03. The fourth-order valence-electron chi connectivity index (χ4n) is 2.90. The first-order chi connectivity index (χ1) is 9.29. The fourth-order valence-corrected chi connectivity index (χ4v) is 2.90. The Balaban J connectivity index is 0.00000200. The smallest absolute Gasteiger partial charge is 0.223 e. The first-order valence-corrected chi connectivity index (χ1v) is 7.52. The number of hydrogen-bond donors (Lipinski definition) is 1. The molecule has 0 unspecified atom stereocenters. The zero-order valence-corrected chi connectivity index (χ0v) is 14.5. The van der Waals surface area contributed by atoms with E-state index in [0.717, 1.165) is 64.7 Å². The van der Waals surface area contributed by atoms with E-state index < -0.39 is 0 Å². The Bertz CT molecular complexity index is 281. The highest BCUT2D eigenvalue weighted by molar-refractivity contribution is 5.85. The van der Waals surface area contributed by atoms with E-state index in [0.29, 0.717) is 12.3 Å². The third-order valence-corrected chi connectivity index (χ3v) is 4.18. The molecule has 0 aromatic heterocycles. The van der Waals surface area contributed by atoms with Gasteiger partial charge in [0.25, 0.3) is 0 Å². The molecule has 0 aromatic carbocycles. The first-order valence-electron chi connectivity index (χ1n) is 7.52. The van der Waals surface area contributed by atoms with Gasteiger partial charge in [-0.15, -0.1) is 24.8 Å². The summed E-state index contributed by atoms with van der Waals surface area (Å²) in [5.74, 6) is 1.06. The van der Waals surface area contributed by atoms with Gasteiger partial charge in [0.2, 0.25) is 5.91 Å². The molecule has 2 fully saturated rings. The van der Waals surface area contributed by atoms with Gasteiger partial charge in [-0.2, -0.15) is 0 Å². The van der Waals surface area contributed by atoms with Gasteiger partial charge in [0.1, 0.15) is 0 Å². The largest absolute Gasteiger partial charge is 0.379 e. The molecular formula is C14H29Cl2N3O2. The Hall–Kier alpha value is -0.0700. The Morgan fingerprint density at radius 2 is 1.76 bits per heavy atom. The van der Waals surface area contributed by atoms with Crippen LogP contribution < -0.4 is 5.32 Å². The second-order valence-corrected chi connectivity index (χ2v) is 5.59. The number of hydrogen-bond acceptors (Lipinski definition) is 4. The van der Waals surface area contributed by atoms with Crippen molar-refractivity contribution in [1.82, 2.24) is 15.1 Å². The molecule has 7 heteroatoms. The maximum atomic E-state index is 11.9. The monoisotopic (exact) mass is 341 g/mol. The molecule has 0 aromatic rings. The van der Waals surface area contributed by atoms with Crippen LogP contribution in [0.15, 0.2) is 0 Å². The van der Waals surface area contributed by atoms with Crippen LogP contribution in [0.2, 0.25) is 0 Å². The number of amides is 1. The van der Waals surface area contributed by atoms with Crippen molar-refractivity contribution in [3.05, 3.63) is 0 Å². The second-order valence-electron chi connectivity index (χ2n) is 5.59. The van der Waals surface area contributed by atoms with Crippen molar-refractivity contribution in [1.29, 1.82) is 0 Å². The maximum Gasteiger partial charge on any atom is 0.223 e. The third-order valence-electron chi connectivity index (χ3n) is 4.18. The Labute approximate surface area is 140 Å². The zero-order valence-electron chi connectivity index (χ0n) is 12.9. The van der Waals surface area contributed by atoms with Crippen molar-refractivity contribution in [3.63, 3.8) is 0 Å². The van der Waals surface area contributed by atoms with Crippen molar-refractivity contribution in [2.75, 3.05) is 59.5 Å². The molecule has 21 heavy (non-hydrogen) atoms. The number of nitrogens with one attached hydrogen (secondary N) is 1. The van der Waals surface area contributed by atoms with Crippen LogP contribution in [0.5, 0.6) is 0 Å². The van der Waals surface area contributed by atoms with Gasteiger partial charge in [0, 0.05) is 45.7 Å². The summed E-state index contributed by atoms with van der Waals surface area (Å²) in [5.41, 5.74) is 0. The maximum absolute atomic E-state index is 11.9. The van der Waals surface area contributed by atoms with E-state index in [1.165, 1.54) is 6.54 Å². The van der Waals surface area contributed by atoms with Gasteiger partial charge in [0.05, 0.1) is 13.2 Å². The zero-order chi connectivity index (χ0) is 13.5. The van der Waals surface area contributed by atoms with Crippen LogP contribution in [0.1, 0.15) is 19.3 Å². The van der Waals surface area contributed by atoms with Crippen molar-refractivity contribution in [2.45, 2.75) is 19.3 Å². The number of nitrogens with zero attached hydrogens (tertiary/aromatic N) is 2. The molecule has 0 aliphatic carbocycles. The Kier molecular flexibility index (Phi) is 11.5. The summed E-state index contributed by atoms with van der Waals surface area (Å²) in [7, 11) is 1.89. The lowest BCUT2D eigenvalue weighted by Gasteiger charge is -2.36. The lowest BCUT2D eigenvalue weighted by molar-refractivity contribution is -0.132. The van der Waals surface area contributed by atoms with Gasteiger partial charge < -0.3 is 15.0 Å². The molecule has 0 spiro atoms. The fraction of sp³-hybridized carbons (Fsp3) is 0.929. The first kappa shape index (κ1) is 20.9. The van der Waals surface area contributed by atoms with E-state index >= 15 is 0 Å². The standard InChI is InChI=1S/C14H27N3O2.2ClH/c1-15-5-2-14(18)17-6-3-13(4-7-17)12-16-8-10-19-11-9-16;;/h13,15H,2-12H2,1H3;2*1H. The number of rotatable bonds is 5. The van der Waals surface area contributed by atoms with Gasteiger partial charge in [-0.1, -0.05) is 0 Å². The van der Waals surface area contributed by atoms with Gasteiger partial charge in [-0.05, 0) is 25.8 Å². The summed E-state index contributed by atoms with van der Waals surface area (Å²) in [6.07, 6.45) is 2.94. The molecule has 2 aliphatic rings. The number of likely N-dealkylation sites (tertiary alicyclic amines) is 1. The molecular weight excluding hydrogens is 313 g/mol. The molecule has 0 saturated carbocycles. The molecule has 1 amide bonds. The quantitative estimate of drug-likeness (QED) is 0.810. The van der Waals surface area contributed by atoms with Crippen LogP contribution in [0.3, 0.4) is 0 Å². The molecule has 126 valence electrons. The summed E-state index contributed by atoms with van der Waals surface area (Å²) in [6.45, 7) is 7.74. The van der Waals surface area contributed by atoms with Crippen molar-refractivity contribution >= 4 is 30.7 Å². The summed E-state index contributed by atoms with van der Waals surface area (Å²) >= 11 is 0. The van der Waals surface area contributed by atoms with Crippen LogP contribution in [0, 0.1) is 5.92 Å². The minimum Gasteiger partial charge on any atom is -0.379 e. The van der Waals surface area contributed by atoms with Crippen molar-refractivity contribution in [2.24, 2.45) is 5.92 Å². The summed E-state index contributed by atoms with van der Waals surface area (Å²) in [6, 6.07) is 0. The molecule has 2 aliphatic heterocycles. The number of halogens is 2. The van der Waals surface area contributed by atoms with Crippen LogP contribution >= 0.6 is 24.8 Å². The van der Waals surface area contributed by atoms with Crippen molar-refractivity contribution in [3.8, 4) is 0 Å². The lowest BCUT2D eigenvalue weighted by Crippen LogP contribution is -2.44. The Morgan fingerprint density at radius 3 is 2.33 bits per heavy atom. The molecule has 2 saturated heterocycles. The number of carbonyl (C=O) groups excluding carboxylic acids is 1.